The minimum Gasteiger partial charge on any atom is -0.494 e. The van der Waals surface area contributed by atoms with Crippen LogP contribution in [0.2, 0.25) is 10.0 Å². The smallest absolute Gasteiger partial charge is 0.243 e. The number of hydrazone groups is 1. The number of rotatable bonds is 8. The number of aryl methyl sites for hydroxylation is 1. The van der Waals surface area contributed by atoms with Gasteiger partial charge in [0.25, 0.3) is 0 Å². The highest BCUT2D eigenvalue weighted by Crippen LogP contribution is 2.40. The molecule has 1 heterocycles. The van der Waals surface area contributed by atoms with Gasteiger partial charge in [0.2, 0.25) is 10.0 Å². The van der Waals surface area contributed by atoms with Crippen molar-refractivity contribution >= 4 is 44.6 Å². The van der Waals surface area contributed by atoms with E-state index < -0.39 is 20.7 Å². The Kier molecular flexibility index (Phi) is 7.66. The van der Waals surface area contributed by atoms with Crippen LogP contribution in [0.3, 0.4) is 0 Å². The van der Waals surface area contributed by atoms with Crippen LogP contribution in [0.4, 0.5) is 10.1 Å². The zero-order valence-electron chi connectivity index (χ0n) is 19.1. The maximum atomic E-state index is 14.2. The number of hydrogen-bond donors (Lipinski definition) is 1. The third kappa shape index (κ3) is 5.78. The molecule has 0 saturated heterocycles. The molecule has 3 aromatic rings. The summed E-state index contributed by atoms with van der Waals surface area (Å²) < 4.78 is 47.8. The SMILES string of the molecule is CCOc1ccc(C2CC(CNS(=O)(=O)c3cc(C)ccc3F)=NN2c2ccc(Cl)cc2Cl)cc1. The van der Waals surface area contributed by atoms with Crippen LogP contribution in [0.15, 0.2) is 70.7 Å². The van der Waals surface area contributed by atoms with E-state index in [0.29, 0.717) is 40.0 Å². The van der Waals surface area contributed by atoms with Crippen LogP contribution in [0.5, 0.6) is 5.75 Å². The van der Waals surface area contributed by atoms with Gasteiger partial charge in [0.15, 0.2) is 0 Å². The summed E-state index contributed by atoms with van der Waals surface area (Å²) in [5, 5.41) is 7.34. The maximum absolute atomic E-state index is 14.2. The molecule has 1 N–H and O–H groups in total. The quantitative estimate of drug-likeness (QED) is 0.376. The van der Waals surface area contributed by atoms with E-state index in [0.717, 1.165) is 17.4 Å². The van der Waals surface area contributed by atoms with Gasteiger partial charge in [-0.15, -0.1) is 0 Å². The fraction of sp³-hybridized carbons (Fsp3) is 0.240. The van der Waals surface area contributed by atoms with Crippen LogP contribution >= 0.6 is 23.2 Å². The first-order valence-electron chi connectivity index (χ1n) is 11.0. The Balaban J connectivity index is 1.62. The number of halogens is 3. The highest BCUT2D eigenvalue weighted by atomic mass is 35.5. The van der Waals surface area contributed by atoms with Crippen molar-refractivity contribution in [2.45, 2.75) is 31.2 Å². The average molecular weight is 536 g/mol. The second-order valence-corrected chi connectivity index (χ2v) is 10.7. The largest absolute Gasteiger partial charge is 0.494 e. The predicted molar refractivity (Wildman–Crippen MR) is 138 cm³/mol. The highest BCUT2D eigenvalue weighted by Gasteiger charge is 2.31. The number of nitrogens with one attached hydrogen (secondary N) is 1. The van der Waals surface area contributed by atoms with Gasteiger partial charge in [-0.25, -0.2) is 17.5 Å². The number of anilines is 1. The van der Waals surface area contributed by atoms with Crippen LogP contribution in [-0.2, 0) is 10.0 Å². The molecule has 1 unspecified atom stereocenters. The molecule has 0 saturated carbocycles. The summed E-state index contributed by atoms with van der Waals surface area (Å²) in [7, 11) is -4.08. The summed E-state index contributed by atoms with van der Waals surface area (Å²) >= 11 is 12.5. The Morgan fingerprint density at radius 3 is 2.54 bits per heavy atom. The predicted octanol–water partition coefficient (Wildman–Crippen LogP) is 6.13. The van der Waals surface area contributed by atoms with E-state index in [1.54, 1.807) is 30.1 Å². The van der Waals surface area contributed by atoms with Gasteiger partial charge in [-0.05, 0) is 67.4 Å². The molecule has 0 spiro atoms. The molecule has 1 atom stereocenters. The van der Waals surface area contributed by atoms with Crippen LogP contribution in [0.25, 0.3) is 0 Å². The van der Waals surface area contributed by atoms with Crippen molar-refractivity contribution in [2.75, 3.05) is 18.2 Å². The van der Waals surface area contributed by atoms with Crippen molar-refractivity contribution in [1.82, 2.24) is 4.72 Å². The first-order valence-corrected chi connectivity index (χ1v) is 13.2. The summed E-state index contributed by atoms with van der Waals surface area (Å²) in [4.78, 5) is -0.392. The molecule has 184 valence electrons. The number of ether oxygens (including phenoxy) is 1. The molecule has 6 nitrogen and oxygen atoms in total. The molecule has 0 fully saturated rings. The van der Waals surface area contributed by atoms with Crippen molar-refractivity contribution in [3.8, 4) is 5.75 Å². The molecule has 0 bridgehead atoms. The Hall–Kier alpha value is -2.65. The molecule has 35 heavy (non-hydrogen) atoms. The molecule has 3 aromatic carbocycles. The fourth-order valence-electron chi connectivity index (χ4n) is 3.85. The number of benzene rings is 3. The second kappa shape index (κ2) is 10.5. The maximum Gasteiger partial charge on any atom is 0.243 e. The third-order valence-corrected chi connectivity index (χ3v) is 7.50. The Morgan fingerprint density at radius 2 is 1.86 bits per heavy atom. The molecule has 0 amide bonds. The third-order valence-electron chi connectivity index (χ3n) is 5.55. The van der Waals surface area contributed by atoms with Gasteiger partial charge in [0.05, 0.1) is 35.6 Å². The normalized spacial score (nSPS) is 15.9. The van der Waals surface area contributed by atoms with Crippen molar-refractivity contribution in [1.29, 1.82) is 0 Å². The lowest BCUT2D eigenvalue weighted by Gasteiger charge is -2.25. The standard InChI is InChI=1S/C25H24Cl2FN3O3S/c1-3-34-20-8-5-17(6-9-20)24-14-19(30-31(24)23-11-7-18(26)13-21(23)27)15-29-35(32,33)25-12-16(2)4-10-22(25)28/h4-13,24,29H,3,14-15H2,1-2H3. The van der Waals surface area contributed by atoms with E-state index in [2.05, 4.69) is 9.82 Å². The lowest BCUT2D eigenvalue weighted by molar-refractivity contribution is 0.340. The lowest BCUT2D eigenvalue weighted by Crippen LogP contribution is -2.30. The van der Waals surface area contributed by atoms with Crippen LogP contribution in [0, 0.1) is 12.7 Å². The number of sulfonamides is 1. The molecule has 10 heteroatoms. The molecule has 1 aliphatic rings. The fourth-order valence-corrected chi connectivity index (χ4v) is 5.53. The van der Waals surface area contributed by atoms with E-state index >= 15 is 0 Å². The van der Waals surface area contributed by atoms with E-state index in [1.165, 1.54) is 12.1 Å². The Morgan fingerprint density at radius 1 is 1.11 bits per heavy atom. The summed E-state index contributed by atoms with van der Waals surface area (Å²) in [6.07, 6.45) is 0.436. The van der Waals surface area contributed by atoms with Gasteiger partial charge < -0.3 is 4.74 Å². The van der Waals surface area contributed by atoms with Crippen molar-refractivity contribution in [2.24, 2.45) is 5.10 Å². The molecule has 4 rings (SSSR count). The molecule has 1 aliphatic heterocycles. The van der Waals surface area contributed by atoms with E-state index in [4.69, 9.17) is 27.9 Å². The minimum atomic E-state index is -4.08. The lowest BCUT2D eigenvalue weighted by atomic mass is 10.0. The van der Waals surface area contributed by atoms with Gasteiger partial charge in [0.1, 0.15) is 16.5 Å². The molecule has 0 aliphatic carbocycles. The zero-order valence-corrected chi connectivity index (χ0v) is 21.5. The highest BCUT2D eigenvalue weighted by molar-refractivity contribution is 7.89. The molecule has 0 radical (unpaired) electrons. The Bertz CT molecular complexity index is 1360. The summed E-state index contributed by atoms with van der Waals surface area (Å²) in [6.45, 7) is 4.10. The van der Waals surface area contributed by atoms with Gasteiger partial charge in [-0.3, -0.25) is 5.01 Å². The molecular formula is C25H24Cl2FN3O3S. The molecular weight excluding hydrogens is 512 g/mol. The summed E-state index contributed by atoms with van der Waals surface area (Å²) in [5.41, 5.74) is 2.80. The van der Waals surface area contributed by atoms with Crippen LogP contribution < -0.4 is 14.5 Å². The Labute approximate surface area is 214 Å². The van der Waals surface area contributed by atoms with Gasteiger partial charge in [-0.1, -0.05) is 41.4 Å². The topological polar surface area (TPSA) is 71.0 Å². The van der Waals surface area contributed by atoms with Crippen LogP contribution in [0.1, 0.15) is 30.5 Å². The van der Waals surface area contributed by atoms with Gasteiger partial charge in [0, 0.05) is 11.4 Å². The monoisotopic (exact) mass is 535 g/mol. The minimum absolute atomic E-state index is 0.0784. The average Bonchev–Trinajstić information content (AvgIpc) is 3.24. The van der Waals surface area contributed by atoms with E-state index in [-0.39, 0.29) is 12.6 Å². The summed E-state index contributed by atoms with van der Waals surface area (Å²) in [5.74, 6) is -0.0577. The van der Waals surface area contributed by atoms with Crippen molar-refractivity contribution in [3.05, 3.63) is 87.7 Å². The van der Waals surface area contributed by atoms with Gasteiger partial charge >= 0.3 is 0 Å². The van der Waals surface area contributed by atoms with Gasteiger partial charge in [-0.2, -0.15) is 5.10 Å². The number of hydrogen-bond acceptors (Lipinski definition) is 5. The molecule has 0 aromatic heterocycles. The van der Waals surface area contributed by atoms with Crippen molar-refractivity contribution < 1.29 is 17.5 Å². The first-order chi connectivity index (χ1) is 16.7. The first kappa shape index (κ1) is 25.4. The summed E-state index contributed by atoms with van der Waals surface area (Å²) in [6, 6.07) is 16.5. The van der Waals surface area contributed by atoms with Crippen molar-refractivity contribution in [3.63, 3.8) is 0 Å². The zero-order chi connectivity index (χ0) is 25.2. The van der Waals surface area contributed by atoms with E-state index in [9.17, 15) is 12.8 Å². The number of nitrogens with zero attached hydrogens (tertiary/aromatic N) is 2. The van der Waals surface area contributed by atoms with Crippen LogP contribution in [-0.4, -0.2) is 27.3 Å². The second-order valence-electron chi connectivity index (χ2n) is 8.09. The van der Waals surface area contributed by atoms with E-state index in [1.807, 2.05) is 31.2 Å².